The number of hydrogen-bond donors (Lipinski definition) is 0. The molecule has 7 aromatic carbocycles. The molecule has 0 radical (unpaired) electrons. The molecule has 0 aliphatic carbocycles. The van der Waals surface area contributed by atoms with Gasteiger partial charge in [0.15, 0.2) is 0 Å². The van der Waals surface area contributed by atoms with Gasteiger partial charge in [-0.25, -0.2) is 9.97 Å². The van der Waals surface area contributed by atoms with Crippen LogP contribution >= 0.6 is 0 Å². The van der Waals surface area contributed by atoms with Gasteiger partial charge in [-0.05, 0) is 86.7 Å². The molecule has 10 aromatic rings. The third kappa shape index (κ3) is 7.40. The summed E-state index contributed by atoms with van der Waals surface area (Å²) in [6.45, 7) is 13.8. The predicted octanol–water partition coefficient (Wildman–Crippen LogP) is 15.4. The van der Waals surface area contributed by atoms with Crippen LogP contribution < -0.4 is 4.74 Å². The maximum Gasteiger partial charge on any atom is 0.144 e. The molecule has 0 unspecified atom stereocenters. The number of nitrogens with zero attached hydrogens (tertiary/aromatic N) is 4. The minimum absolute atomic E-state index is 0.0483. The van der Waals surface area contributed by atoms with E-state index in [0.717, 1.165) is 84.0 Å². The van der Waals surface area contributed by atoms with Crippen LogP contribution in [-0.4, -0.2) is 19.1 Å². The summed E-state index contributed by atoms with van der Waals surface area (Å²) in [7, 11) is 0. The van der Waals surface area contributed by atoms with Gasteiger partial charge in [0, 0.05) is 52.1 Å². The minimum Gasteiger partial charge on any atom is -0.457 e. The lowest BCUT2D eigenvalue weighted by Gasteiger charge is -2.30. The summed E-state index contributed by atoms with van der Waals surface area (Å²) in [6, 6.07) is 62.0. The maximum absolute atomic E-state index is 6.77. The van der Waals surface area contributed by atoms with Gasteiger partial charge in [-0.1, -0.05) is 169 Å². The summed E-state index contributed by atoms with van der Waals surface area (Å²) in [5.41, 5.74) is 13.7. The Kier molecular flexibility index (Phi) is 9.91. The van der Waals surface area contributed by atoms with Crippen molar-refractivity contribution in [2.24, 2.45) is 0 Å². The van der Waals surface area contributed by atoms with Crippen LogP contribution in [0.5, 0.6) is 11.5 Å². The molecule has 3 aromatic heterocycles. The first-order valence-corrected chi connectivity index (χ1v) is 21.7. The van der Waals surface area contributed by atoms with Crippen molar-refractivity contribution in [1.29, 1.82) is 0 Å². The molecule has 0 bridgehead atoms. The second kappa shape index (κ2) is 15.8. The Balaban J connectivity index is 1.06. The molecule has 5 nitrogen and oxygen atoms in total. The maximum atomic E-state index is 6.77. The molecular formula is C58H50N4O. The van der Waals surface area contributed by atoms with Gasteiger partial charge in [-0.15, -0.1) is 0 Å². The van der Waals surface area contributed by atoms with Crippen LogP contribution in [0.1, 0.15) is 52.7 Å². The molecule has 0 saturated heterocycles. The summed E-state index contributed by atoms with van der Waals surface area (Å²) >= 11 is 0. The number of hydrogen-bond acceptors (Lipinski definition) is 3. The molecule has 308 valence electrons. The molecule has 5 heteroatoms. The number of imidazole rings is 1. The van der Waals surface area contributed by atoms with Crippen LogP contribution in [-0.2, 0) is 10.8 Å². The van der Waals surface area contributed by atoms with Crippen molar-refractivity contribution in [3.05, 3.63) is 206 Å². The SMILES string of the molecule is CC(C)(C)c1cccc(C(C)(C)C)c1-c1ccnc(-n2c3ccccc3c3ccc(Oc4cccc(-c5nccn5-c5c(-c6ccccc6)cccc5-c5ccccc5)c4)cc32)c1. The zero-order valence-electron chi connectivity index (χ0n) is 36.7. The summed E-state index contributed by atoms with van der Waals surface area (Å²) in [5.74, 6) is 3.14. The third-order valence-electron chi connectivity index (χ3n) is 12.0. The summed E-state index contributed by atoms with van der Waals surface area (Å²) in [6.07, 6.45) is 5.88. The van der Waals surface area contributed by atoms with Gasteiger partial charge in [0.2, 0.25) is 0 Å². The van der Waals surface area contributed by atoms with Crippen molar-refractivity contribution in [1.82, 2.24) is 19.1 Å². The van der Waals surface area contributed by atoms with Crippen LogP contribution in [0.2, 0.25) is 0 Å². The molecule has 0 aliphatic heterocycles. The summed E-state index contributed by atoms with van der Waals surface area (Å²) in [5, 5.41) is 2.30. The van der Waals surface area contributed by atoms with E-state index in [0.29, 0.717) is 0 Å². The molecule has 0 amide bonds. The Labute approximate surface area is 370 Å². The molecule has 0 N–H and O–H groups in total. The molecule has 0 atom stereocenters. The number of pyridine rings is 1. The van der Waals surface area contributed by atoms with E-state index in [1.54, 1.807) is 0 Å². The standard InChI is InChI=1S/C58H50N4O/c1-57(2,3)49-27-17-28-50(58(4,5)6)54(49)41-32-33-59-53(37-41)62-51-29-14-13-24-47(51)48-31-30-44(38-52(48)62)63-43-23-15-22-42(36-43)56-60-34-35-61(56)55-45(39-18-9-7-10-19-39)25-16-26-46(55)40-20-11-8-12-21-40/h7-38H,1-6H3. The average molecular weight is 819 g/mol. The van der Waals surface area contributed by atoms with Crippen LogP contribution in [0.25, 0.3) is 78.1 Å². The van der Waals surface area contributed by atoms with E-state index in [1.807, 2.05) is 24.5 Å². The fourth-order valence-electron chi connectivity index (χ4n) is 9.11. The molecule has 0 fully saturated rings. The van der Waals surface area contributed by atoms with Crippen LogP contribution in [0.3, 0.4) is 0 Å². The summed E-state index contributed by atoms with van der Waals surface area (Å²) < 4.78 is 11.3. The lowest BCUT2D eigenvalue weighted by molar-refractivity contribution is 0.483. The Hall–Kier alpha value is -7.50. The highest BCUT2D eigenvalue weighted by molar-refractivity contribution is 6.09. The van der Waals surface area contributed by atoms with Gasteiger partial charge < -0.3 is 4.74 Å². The highest BCUT2D eigenvalue weighted by Gasteiger charge is 2.27. The Morgan fingerprint density at radius 3 is 1.71 bits per heavy atom. The molecule has 63 heavy (non-hydrogen) atoms. The van der Waals surface area contributed by atoms with Crippen molar-refractivity contribution in [2.45, 2.75) is 52.4 Å². The normalized spacial score (nSPS) is 12.0. The molecule has 3 heterocycles. The first-order valence-electron chi connectivity index (χ1n) is 21.7. The number of fused-ring (bicyclic) bond motifs is 3. The monoisotopic (exact) mass is 818 g/mol. The summed E-state index contributed by atoms with van der Waals surface area (Å²) in [4.78, 5) is 10.00. The van der Waals surface area contributed by atoms with Gasteiger partial charge in [-0.2, -0.15) is 0 Å². The van der Waals surface area contributed by atoms with E-state index in [2.05, 4.69) is 221 Å². The largest absolute Gasteiger partial charge is 0.457 e. The van der Waals surface area contributed by atoms with Crippen LogP contribution in [0.15, 0.2) is 195 Å². The minimum atomic E-state index is -0.0483. The quantitative estimate of drug-likeness (QED) is 0.153. The van der Waals surface area contributed by atoms with Crippen LogP contribution in [0.4, 0.5) is 0 Å². The van der Waals surface area contributed by atoms with Gasteiger partial charge in [0.25, 0.3) is 0 Å². The Morgan fingerprint density at radius 2 is 1.03 bits per heavy atom. The highest BCUT2D eigenvalue weighted by Crippen LogP contribution is 2.43. The zero-order chi connectivity index (χ0) is 43.3. The van der Waals surface area contributed by atoms with E-state index >= 15 is 0 Å². The number of para-hydroxylation sites is 2. The van der Waals surface area contributed by atoms with E-state index in [-0.39, 0.29) is 10.8 Å². The van der Waals surface area contributed by atoms with Gasteiger partial charge >= 0.3 is 0 Å². The van der Waals surface area contributed by atoms with Crippen LogP contribution in [0, 0.1) is 0 Å². The van der Waals surface area contributed by atoms with Crippen molar-refractivity contribution in [3.8, 4) is 67.8 Å². The van der Waals surface area contributed by atoms with Gasteiger partial charge in [0.1, 0.15) is 23.1 Å². The zero-order valence-corrected chi connectivity index (χ0v) is 36.7. The number of rotatable bonds is 8. The lowest BCUT2D eigenvalue weighted by atomic mass is 9.74. The predicted molar refractivity (Wildman–Crippen MR) is 261 cm³/mol. The van der Waals surface area contributed by atoms with E-state index in [1.165, 1.54) is 16.7 Å². The number of aromatic nitrogens is 4. The van der Waals surface area contributed by atoms with Crippen molar-refractivity contribution < 1.29 is 4.74 Å². The molecule has 0 spiro atoms. The van der Waals surface area contributed by atoms with Crippen molar-refractivity contribution >= 4 is 21.8 Å². The topological polar surface area (TPSA) is 44.9 Å². The Morgan fingerprint density at radius 1 is 0.444 bits per heavy atom. The fraction of sp³-hybridized carbons (Fsp3) is 0.138. The number of benzene rings is 7. The molecular weight excluding hydrogens is 769 g/mol. The van der Waals surface area contributed by atoms with E-state index in [4.69, 9.17) is 14.7 Å². The molecule has 10 rings (SSSR count). The van der Waals surface area contributed by atoms with E-state index in [9.17, 15) is 0 Å². The fourth-order valence-corrected chi connectivity index (χ4v) is 9.11. The highest BCUT2D eigenvalue weighted by atomic mass is 16.5. The van der Waals surface area contributed by atoms with Crippen molar-refractivity contribution in [2.75, 3.05) is 0 Å². The smallest absolute Gasteiger partial charge is 0.144 e. The second-order valence-corrected chi connectivity index (χ2v) is 18.3. The van der Waals surface area contributed by atoms with Gasteiger partial charge in [0.05, 0.1) is 16.7 Å². The Bertz CT molecular complexity index is 3180. The number of ether oxygens (including phenoxy) is 1. The van der Waals surface area contributed by atoms with Gasteiger partial charge in [-0.3, -0.25) is 9.13 Å². The first-order chi connectivity index (χ1) is 30.5. The van der Waals surface area contributed by atoms with E-state index < -0.39 is 0 Å². The average Bonchev–Trinajstić information content (AvgIpc) is 3.92. The van der Waals surface area contributed by atoms with Crippen molar-refractivity contribution in [3.63, 3.8) is 0 Å². The first kappa shape index (κ1) is 39.6. The lowest BCUT2D eigenvalue weighted by Crippen LogP contribution is -2.19. The third-order valence-corrected chi connectivity index (χ3v) is 12.0. The second-order valence-electron chi connectivity index (χ2n) is 18.3. The molecule has 0 aliphatic rings. The molecule has 0 saturated carbocycles.